The first-order valence-electron chi connectivity index (χ1n) is 11.1. The summed E-state index contributed by atoms with van der Waals surface area (Å²) in [6, 6.07) is 0. The van der Waals surface area contributed by atoms with Crippen LogP contribution in [0.1, 0.15) is 84.0 Å². The van der Waals surface area contributed by atoms with E-state index in [-0.39, 0.29) is 6.67 Å². The summed E-state index contributed by atoms with van der Waals surface area (Å²) in [4.78, 5) is 0. The molecular formula is C22H40FOP. The molecule has 3 rings (SSSR count). The standard InChI is InChI=1S/C22H40FOP/c1-16-3-5-17(6-4-16)18-7-9-19(10-8-18)20-11-12-21(22(25)15-20)24-14-2-13-23/h16-22H,2-15,25H2,1H3. The third-order valence-electron chi connectivity index (χ3n) is 7.69. The Labute approximate surface area is 157 Å². The van der Waals surface area contributed by atoms with Gasteiger partial charge >= 0.3 is 0 Å². The normalized spacial score (nSPS) is 43.1. The first-order chi connectivity index (χ1) is 12.2. The van der Waals surface area contributed by atoms with Gasteiger partial charge in [0.25, 0.3) is 0 Å². The van der Waals surface area contributed by atoms with Crippen LogP contribution in [-0.4, -0.2) is 25.0 Å². The lowest BCUT2D eigenvalue weighted by Crippen LogP contribution is -2.36. The van der Waals surface area contributed by atoms with E-state index in [2.05, 4.69) is 16.2 Å². The molecule has 0 aromatic heterocycles. The molecule has 3 saturated carbocycles. The quantitative estimate of drug-likeness (QED) is 0.388. The molecule has 0 aromatic carbocycles. The van der Waals surface area contributed by atoms with Gasteiger partial charge in [-0.15, -0.1) is 9.24 Å². The monoisotopic (exact) mass is 370 g/mol. The van der Waals surface area contributed by atoms with Gasteiger partial charge in [0.1, 0.15) is 0 Å². The molecule has 3 aliphatic rings. The Bertz CT molecular complexity index is 374. The molecule has 0 aromatic rings. The fraction of sp³-hybridized carbons (Fsp3) is 1.00. The fourth-order valence-electron chi connectivity index (χ4n) is 5.98. The highest BCUT2D eigenvalue weighted by Gasteiger charge is 2.36. The molecular weight excluding hydrogens is 330 g/mol. The smallest absolute Gasteiger partial charge is 0.0916 e. The molecule has 0 spiro atoms. The minimum absolute atomic E-state index is 0.250. The molecule has 4 unspecified atom stereocenters. The van der Waals surface area contributed by atoms with E-state index in [1.54, 1.807) is 0 Å². The topological polar surface area (TPSA) is 9.23 Å². The fourth-order valence-corrected chi connectivity index (χ4v) is 6.63. The van der Waals surface area contributed by atoms with Gasteiger partial charge < -0.3 is 4.74 Å². The van der Waals surface area contributed by atoms with Crippen LogP contribution in [0.25, 0.3) is 0 Å². The van der Waals surface area contributed by atoms with Crippen LogP contribution in [0.5, 0.6) is 0 Å². The third-order valence-corrected chi connectivity index (χ3v) is 8.40. The van der Waals surface area contributed by atoms with E-state index in [0.29, 0.717) is 24.8 Å². The zero-order chi connectivity index (χ0) is 17.6. The highest BCUT2D eigenvalue weighted by molar-refractivity contribution is 7.17. The number of alkyl halides is 1. The third kappa shape index (κ3) is 5.65. The zero-order valence-corrected chi connectivity index (χ0v) is 17.5. The van der Waals surface area contributed by atoms with E-state index in [9.17, 15) is 4.39 Å². The van der Waals surface area contributed by atoms with Gasteiger partial charge in [0.15, 0.2) is 0 Å². The van der Waals surface area contributed by atoms with E-state index >= 15 is 0 Å². The molecule has 146 valence electrons. The maximum Gasteiger partial charge on any atom is 0.0916 e. The molecule has 25 heavy (non-hydrogen) atoms. The number of ether oxygens (including phenoxy) is 1. The van der Waals surface area contributed by atoms with Gasteiger partial charge in [0.05, 0.1) is 12.8 Å². The van der Waals surface area contributed by atoms with Crippen molar-refractivity contribution >= 4 is 9.24 Å². The molecule has 0 aliphatic heterocycles. The van der Waals surface area contributed by atoms with Gasteiger partial charge in [0, 0.05) is 12.3 Å². The Balaban J connectivity index is 1.38. The lowest BCUT2D eigenvalue weighted by molar-refractivity contribution is 0.00746. The summed E-state index contributed by atoms with van der Waals surface area (Å²) in [5.41, 5.74) is 0.580. The van der Waals surface area contributed by atoms with Crippen molar-refractivity contribution in [1.29, 1.82) is 0 Å². The summed E-state index contributed by atoms with van der Waals surface area (Å²) < 4.78 is 18.2. The van der Waals surface area contributed by atoms with Gasteiger partial charge in [-0.2, -0.15) is 0 Å². The van der Waals surface area contributed by atoms with Gasteiger partial charge in [-0.25, -0.2) is 0 Å². The Kier molecular flexibility index (Phi) is 8.05. The van der Waals surface area contributed by atoms with Gasteiger partial charge in [-0.3, -0.25) is 4.39 Å². The molecule has 1 nitrogen and oxygen atoms in total. The zero-order valence-electron chi connectivity index (χ0n) is 16.3. The molecule has 0 amide bonds. The maximum atomic E-state index is 12.2. The van der Waals surface area contributed by atoms with Crippen molar-refractivity contribution in [3.05, 3.63) is 0 Å². The number of rotatable bonds is 6. The van der Waals surface area contributed by atoms with E-state index < -0.39 is 0 Å². The largest absolute Gasteiger partial charge is 0.377 e. The SMILES string of the molecule is CC1CCC(C2CCC(C3CCC(OCCCF)C(P)C3)CC2)CC1. The maximum absolute atomic E-state index is 12.2. The summed E-state index contributed by atoms with van der Waals surface area (Å²) in [6.07, 6.45) is 16.7. The number of hydrogen-bond acceptors (Lipinski definition) is 1. The summed E-state index contributed by atoms with van der Waals surface area (Å²) in [6.45, 7) is 2.78. The predicted octanol–water partition coefficient (Wildman–Crippen LogP) is 6.41. The van der Waals surface area contributed by atoms with Crippen molar-refractivity contribution in [2.45, 2.75) is 95.7 Å². The van der Waals surface area contributed by atoms with Crippen molar-refractivity contribution in [2.75, 3.05) is 13.3 Å². The molecule has 0 radical (unpaired) electrons. The van der Waals surface area contributed by atoms with E-state index in [4.69, 9.17) is 4.74 Å². The van der Waals surface area contributed by atoms with Gasteiger partial charge in [-0.05, 0) is 93.8 Å². The highest BCUT2D eigenvalue weighted by atomic mass is 31.0. The van der Waals surface area contributed by atoms with Crippen LogP contribution in [-0.2, 0) is 4.74 Å². The van der Waals surface area contributed by atoms with Crippen molar-refractivity contribution < 1.29 is 9.13 Å². The first kappa shape index (κ1) is 20.1. The molecule has 3 aliphatic carbocycles. The van der Waals surface area contributed by atoms with Crippen molar-refractivity contribution in [3.8, 4) is 0 Å². The van der Waals surface area contributed by atoms with Crippen molar-refractivity contribution in [1.82, 2.24) is 0 Å². The van der Waals surface area contributed by atoms with Crippen LogP contribution in [0.2, 0.25) is 0 Å². The Morgan fingerprint density at radius 1 is 0.800 bits per heavy atom. The van der Waals surface area contributed by atoms with Crippen LogP contribution in [0.3, 0.4) is 0 Å². The summed E-state index contributed by atoms with van der Waals surface area (Å²) in [7, 11) is 3.03. The average molecular weight is 371 g/mol. The molecule has 3 heteroatoms. The second kappa shape index (κ2) is 10.0. The van der Waals surface area contributed by atoms with Crippen molar-refractivity contribution in [3.63, 3.8) is 0 Å². The Morgan fingerprint density at radius 3 is 1.88 bits per heavy atom. The Morgan fingerprint density at radius 2 is 1.32 bits per heavy atom. The summed E-state index contributed by atoms with van der Waals surface area (Å²) in [5.74, 6) is 4.94. The van der Waals surface area contributed by atoms with Crippen LogP contribution < -0.4 is 0 Å². The predicted molar refractivity (Wildman–Crippen MR) is 108 cm³/mol. The molecule has 0 saturated heterocycles. The lowest BCUT2D eigenvalue weighted by Gasteiger charge is -2.42. The van der Waals surface area contributed by atoms with Crippen molar-refractivity contribution in [2.24, 2.45) is 29.6 Å². The van der Waals surface area contributed by atoms with Gasteiger partial charge in [0.2, 0.25) is 0 Å². The first-order valence-corrected chi connectivity index (χ1v) is 11.8. The summed E-state index contributed by atoms with van der Waals surface area (Å²) in [5, 5.41) is 0. The van der Waals surface area contributed by atoms with Crippen LogP contribution in [0.4, 0.5) is 4.39 Å². The van der Waals surface area contributed by atoms with Crippen LogP contribution >= 0.6 is 9.24 Å². The Hall–Kier alpha value is 0.320. The number of halogens is 1. The van der Waals surface area contributed by atoms with E-state index in [1.807, 2.05) is 0 Å². The van der Waals surface area contributed by atoms with E-state index in [1.165, 1.54) is 70.6 Å². The second-order valence-electron chi connectivity index (χ2n) is 9.38. The second-order valence-corrected chi connectivity index (χ2v) is 10.2. The summed E-state index contributed by atoms with van der Waals surface area (Å²) >= 11 is 0. The average Bonchev–Trinajstić information content (AvgIpc) is 2.64. The highest BCUT2D eigenvalue weighted by Crippen LogP contribution is 2.46. The van der Waals surface area contributed by atoms with Gasteiger partial charge in [-0.1, -0.05) is 19.8 Å². The molecule has 0 bridgehead atoms. The molecule has 4 atom stereocenters. The molecule has 3 fully saturated rings. The molecule has 0 heterocycles. The number of hydrogen-bond donors (Lipinski definition) is 0. The lowest BCUT2D eigenvalue weighted by atomic mass is 9.65. The van der Waals surface area contributed by atoms with Crippen LogP contribution in [0.15, 0.2) is 0 Å². The van der Waals surface area contributed by atoms with Crippen LogP contribution in [0, 0.1) is 29.6 Å². The minimum Gasteiger partial charge on any atom is -0.377 e. The molecule has 0 N–H and O–H groups in total. The van der Waals surface area contributed by atoms with E-state index in [0.717, 1.165) is 29.6 Å². The minimum atomic E-state index is -0.250.